The summed E-state index contributed by atoms with van der Waals surface area (Å²) in [5.74, 6) is -0.622. The second-order valence-electron chi connectivity index (χ2n) is 0.765. The van der Waals surface area contributed by atoms with E-state index in [0.717, 1.165) is 13.0 Å². The molecule has 0 saturated carbocycles. The molecule has 0 spiro atoms. The minimum atomic E-state index is -0.622. The molecule has 0 heterocycles. The van der Waals surface area contributed by atoms with Gasteiger partial charge in [0.1, 0.15) is 0 Å². The molecule has 0 aliphatic carbocycles. The van der Waals surface area contributed by atoms with E-state index in [4.69, 9.17) is 4.79 Å². The van der Waals surface area contributed by atoms with E-state index in [-0.39, 0.29) is 5.48 Å². The van der Waals surface area contributed by atoms with Crippen molar-refractivity contribution in [1.29, 1.82) is 0 Å². The number of carbonyl (C=O) groups excluding carboxylic acids is 2. The maximum Gasteiger partial charge on any atom is 0.333 e. The van der Waals surface area contributed by atoms with E-state index in [0.29, 0.717) is 0 Å². The zero-order valence-electron chi connectivity index (χ0n) is 4.17. The zero-order valence-corrected chi connectivity index (χ0v) is 4.17. The monoisotopic (exact) mass is 119 g/mol. The first kappa shape index (κ1) is 9.94. The molecule has 0 aliphatic rings. The van der Waals surface area contributed by atoms with E-state index in [1.807, 2.05) is 0 Å². The fraction of sp³-hybridized carbons (Fsp3) is 0.333. The Bertz CT molecular complexity index is 114. The van der Waals surface area contributed by atoms with E-state index < -0.39 is 5.97 Å². The van der Waals surface area contributed by atoms with Gasteiger partial charge in [0.05, 0.1) is 0 Å². The van der Waals surface area contributed by atoms with Gasteiger partial charge in [0.15, 0.2) is 0 Å². The Morgan fingerprint density at radius 1 is 1.75 bits per heavy atom. The minimum absolute atomic E-state index is 0. The van der Waals surface area contributed by atoms with Gasteiger partial charge in [-0.05, 0) is 0 Å². The maximum absolute atomic E-state index is 9.71. The molecule has 0 radical (unpaired) electrons. The van der Waals surface area contributed by atoms with Crippen LogP contribution in [-0.2, 0) is 14.4 Å². The number of rotatable bonds is 1. The van der Waals surface area contributed by atoms with Gasteiger partial charge in [0, 0.05) is 12.1 Å². The fourth-order valence-corrected chi connectivity index (χ4v) is 0.0829. The van der Waals surface area contributed by atoms with Crippen molar-refractivity contribution in [2.45, 2.75) is 6.92 Å². The minimum Gasteiger partial charge on any atom is -0.412 e. The summed E-state index contributed by atoms with van der Waals surface area (Å²) in [6.07, 6.45) is 1.03. The standard InChI is InChI=1S/C3H3NO3.H2O/c1-3(6)7-4-2-5;/h1H3;1H2. The Balaban J connectivity index is 0. The first-order chi connectivity index (χ1) is 3.27. The van der Waals surface area contributed by atoms with Crippen LogP contribution in [0.15, 0.2) is 5.16 Å². The Morgan fingerprint density at radius 3 is 2.38 bits per heavy atom. The van der Waals surface area contributed by atoms with Gasteiger partial charge < -0.3 is 10.3 Å². The van der Waals surface area contributed by atoms with Crippen molar-refractivity contribution < 1.29 is 19.9 Å². The first-order valence-corrected chi connectivity index (χ1v) is 1.52. The molecule has 2 N–H and O–H groups in total. The van der Waals surface area contributed by atoms with Crippen LogP contribution in [0.5, 0.6) is 0 Å². The summed E-state index contributed by atoms with van der Waals surface area (Å²) in [4.78, 5) is 22.6. The number of nitrogens with zero attached hydrogens (tertiary/aromatic N) is 1. The maximum atomic E-state index is 9.71. The summed E-state index contributed by atoms with van der Waals surface area (Å²) in [5, 5.41) is 2.52. The van der Waals surface area contributed by atoms with E-state index in [9.17, 15) is 4.79 Å². The molecule has 0 aromatic heterocycles. The van der Waals surface area contributed by atoms with Crippen molar-refractivity contribution in [2.24, 2.45) is 5.16 Å². The molecule has 0 bridgehead atoms. The van der Waals surface area contributed by atoms with E-state index in [2.05, 4.69) is 9.99 Å². The molecule has 5 nitrogen and oxygen atoms in total. The number of carbonyl (C=O) groups is 1. The Hall–Kier alpha value is -1.19. The van der Waals surface area contributed by atoms with Gasteiger partial charge >= 0.3 is 5.97 Å². The predicted octanol–water partition coefficient (Wildman–Crippen LogP) is -1.02. The highest BCUT2D eigenvalue weighted by atomic mass is 16.7. The van der Waals surface area contributed by atoms with Crippen molar-refractivity contribution in [1.82, 2.24) is 0 Å². The van der Waals surface area contributed by atoms with Crippen LogP contribution in [0.4, 0.5) is 0 Å². The van der Waals surface area contributed by atoms with Gasteiger partial charge in [0.2, 0.25) is 0 Å². The van der Waals surface area contributed by atoms with Crippen LogP contribution in [0.2, 0.25) is 0 Å². The summed E-state index contributed by atoms with van der Waals surface area (Å²) in [7, 11) is 0. The molecule has 0 amide bonds. The lowest BCUT2D eigenvalue weighted by Gasteiger charge is -1.78. The number of hydrogen-bond donors (Lipinski definition) is 0. The van der Waals surface area contributed by atoms with Gasteiger partial charge in [-0.2, -0.15) is 0 Å². The average molecular weight is 119 g/mol. The van der Waals surface area contributed by atoms with Crippen LogP contribution < -0.4 is 0 Å². The Kier molecular flexibility index (Phi) is 7.22. The SMILES string of the molecule is CC(=O)ON=C=O.O. The second-order valence-corrected chi connectivity index (χ2v) is 0.765. The molecule has 0 unspecified atom stereocenters. The summed E-state index contributed by atoms with van der Waals surface area (Å²) in [6.45, 7) is 1.14. The van der Waals surface area contributed by atoms with Crippen molar-refractivity contribution >= 4 is 12.0 Å². The van der Waals surface area contributed by atoms with Crippen LogP contribution in [0.1, 0.15) is 6.92 Å². The normalized spacial score (nSPS) is 5.62. The summed E-state index contributed by atoms with van der Waals surface area (Å²) in [6, 6.07) is 0. The fourth-order valence-electron chi connectivity index (χ4n) is 0.0829. The van der Waals surface area contributed by atoms with Gasteiger partial charge in [0.25, 0.3) is 6.08 Å². The van der Waals surface area contributed by atoms with Crippen LogP contribution in [0.3, 0.4) is 0 Å². The van der Waals surface area contributed by atoms with Crippen molar-refractivity contribution in [3.05, 3.63) is 0 Å². The molecule has 0 saturated heterocycles. The molecule has 0 atom stereocenters. The first-order valence-electron chi connectivity index (χ1n) is 1.52. The summed E-state index contributed by atoms with van der Waals surface area (Å²) in [5.41, 5.74) is 0. The molecule has 0 aromatic carbocycles. The lowest BCUT2D eigenvalue weighted by Crippen LogP contribution is -1.88. The largest absolute Gasteiger partial charge is 0.412 e. The van der Waals surface area contributed by atoms with Crippen molar-refractivity contribution in [3.63, 3.8) is 0 Å². The van der Waals surface area contributed by atoms with Crippen molar-refractivity contribution in [2.75, 3.05) is 0 Å². The molecule has 0 rings (SSSR count). The molecule has 5 heteroatoms. The highest BCUT2D eigenvalue weighted by Gasteiger charge is 1.83. The van der Waals surface area contributed by atoms with Crippen LogP contribution in [0.25, 0.3) is 0 Å². The zero-order chi connectivity index (χ0) is 5.70. The molecule has 0 aromatic rings. The van der Waals surface area contributed by atoms with E-state index in [1.54, 1.807) is 0 Å². The third-order valence-electron chi connectivity index (χ3n) is 0.211. The topological polar surface area (TPSA) is 87.2 Å². The summed E-state index contributed by atoms with van der Waals surface area (Å²) >= 11 is 0. The average Bonchev–Trinajstić information content (AvgIpc) is 1.61. The molecule has 0 fully saturated rings. The van der Waals surface area contributed by atoms with Gasteiger partial charge in [-0.3, -0.25) is 0 Å². The number of hydrogen-bond acceptors (Lipinski definition) is 4. The van der Waals surface area contributed by atoms with Gasteiger partial charge in [-0.15, -0.1) is 0 Å². The Labute approximate surface area is 45.2 Å². The molecule has 46 valence electrons. The van der Waals surface area contributed by atoms with Gasteiger partial charge in [-0.25, -0.2) is 9.59 Å². The third kappa shape index (κ3) is 8.84. The van der Waals surface area contributed by atoms with Gasteiger partial charge in [-0.1, -0.05) is 0 Å². The molecular weight excluding hydrogens is 114 g/mol. The smallest absolute Gasteiger partial charge is 0.333 e. The van der Waals surface area contributed by atoms with Crippen LogP contribution in [-0.4, -0.2) is 17.5 Å². The Morgan fingerprint density at radius 2 is 2.25 bits per heavy atom. The third-order valence-corrected chi connectivity index (χ3v) is 0.211. The summed E-state index contributed by atoms with van der Waals surface area (Å²) < 4.78 is 0. The lowest BCUT2D eigenvalue weighted by molar-refractivity contribution is -0.140. The lowest BCUT2D eigenvalue weighted by atomic mass is 10.8. The second kappa shape index (κ2) is 5.81. The highest BCUT2D eigenvalue weighted by molar-refractivity contribution is 5.66. The van der Waals surface area contributed by atoms with E-state index >= 15 is 0 Å². The highest BCUT2D eigenvalue weighted by Crippen LogP contribution is 1.70. The van der Waals surface area contributed by atoms with Crippen LogP contribution >= 0.6 is 0 Å². The number of isocyanates is 1. The predicted molar refractivity (Wildman–Crippen MR) is 23.5 cm³/mol. The molecule has 8 heavy (non-hydrogen) atoms. The molecule has 0 aliphatic heterocycles. The van der Waals surface area contributed by atoms with Crippen LogP contribution in [0, 0.1) is 0 Å². The molecular formula is C3H5NO4. The van der Waals surface area contributed by atoms with E-state index in [1.165, 1.54) is 0 Å². The quantitative estimate of drug-likeness (QED) is 0.191. The van der Waals surface area contributed by atoms with Crippen molar-refractivity contribution in [3.8, 4) is 0 Å².